The third kappa shape index (κ3) is 4.92. The van der Waals surface area contributed by atoms with Crippen LogP contribution in [0.25, 0.3) is 0 Å². The second-order valence-corrected chi connectivity index (χ2v) is 8.41. The highest BCUT2D eigenvalue weighted by Gasteiger charge is 2.25. The van der Waals surface area contributed by atoms with E-state index >= 15 is 0 Å². The first-order chi connectivity index (χ1) is 9.33. The number of aromatic nitrogens is 2. The maximum Gasteiger partial charge on any atom is 0.175 e. The van der Waals surface area contributed by atoms with Gasteiger partial charge in [-0.2, -0.15) is 0 Å². The molecular weight excluding hydrogens is 294 g/mol. The molecule has 2 unspecified atom stereocenters. The molecule has 3 nitrogen and oxygen atoms in total. The molecule has 19 heavy (non-hydrogen) atoms. The highest BCUT2D eigenvalue weighted by Crippen LogP contribution is 2.36. The molecule has 1 aliphatic rings. The Balaban J connectivity index is 1.96. The molecule has 0 aliphatic heterocycles. The van der Waals surface area contributed by atoms with Crippen LogP contribution in [-0.2, 0) is 0 Å². The van der Waals surface area contributed by atoms with Crippen molar-refractivity contribution in [1.82, 2.24) is 15.5 Å². The van der Waals surface area contributed by atoms with Crippen molar-refractivity contribution in [1.29, 1.82) is 0 Å². The van der Waals surface area contributed by atoms with E-state index in [0.717, 1.165) is 15.2 Å². The molecule has 0 radical (unpaired) electrons. The topological polar surface area (TPSA) is 37.8 Å². The zero-order valence-electron chi connectivity index (χ0n) is 11.7. The van der Waals surface area contributed by atoms with Crippen molar-refractivity contribution in [2.45, 2.75) is 65.4 Å². The molecule has 1 fully saturated rings. The van der Waals surface area contributed by atoms with Crippen LogP contribution in [0.3, 0.4) is 0 Å². The zero-order valence-corrected chi connectivity index (χ0v) is 14.2. The quantitative estimate of drug-likeness (QED) is 0.633. The average Bonchev–Trinajstić information content (AvgIpc) is 2.77. The fraction of sp³-hybridized carbons (Fsp3) is 0.846. The van der Waals surface area contributed by atoms with Gasteiger partial charge in [0, 0.05) is 11.3 Å². The second-order valence-electron chi connectivity index (χ2n) is 4.89. The Hall–Kier alpha value is 0.220. The molecule has 1 saturated carbocycles. The van der Waals surface area contributed by atoms with Gasteiger partial charge in [-0.1, -0.05) is 61.0 Å². The van der Waals surface area contributed by atoms with Crippen LogP contribution in [0.5, 0.6) is 0 Å². The summed E-state index contributed by atoms with van der Waals surface area (Å²) in [5.41, 5.74) is 0. The molecule has 2 rings (SSSR count). The van der Waals surface area contributed by atoms with Crippen LogP contribution in [0.15, 0.2) is 8.68 Å². The molecule has 1 heterocycles. The van der Waals surface area contributed by atoms with E-state index in [4.69, 9.17) is 0 Å². The van der Waals surface area contributed by atoms with E-state index in [9.17, 15) is 0 Å². The Morgan fingerprint density at radius 2 is 2.00 bits per heavy atom. The van der Waals surface area contributed by atoms with Crippen LogP contribution < -0.4 is 5.32 Å². The predicted octanol–water partition coefficient (Wildman–Crippen LogP) is 4.05. The Morgan fingerprint density at radius 1 is 1.21 bits per heavy atom. The number of nitrogens with one attached hydrogen (secondary N) is 1. The van der Waals surface area contributed by atoms with Crippen molar-refractivity contribution < 1.29 is 0 Å². The monoisotopic (exact) mass is 317 g/mol. The summed E-state index contributed by atoms with van der Waals surface area (Å²) in [7, 11) is 0. The van der Waals surface area contributed by atoms with Crippen LogP contribution in [0.2, 0.25) is 0 Å². The van der Waals surface area contributed by atoms with Gasteiger partial charge in [0.15, 0.2) is 8.68 Å². The molecule has 1 aromatic rings. The van der Waals surface area contributed by atoms with Crippen LogP contribution in [0.4, 0.5) is 0 Å². The van der Waals surface area contributed by atoms with Gasteiger partial charge in [0.25, 0.3) is 0 Å². The fourth-order valence-corrected chi connectivity index (χ4v) is 5.43. The minimum Gasteiger partial charge on any atom is -0.313 e. The van der Waals surface area contributed by atoms with E-state index in [1.807, 2.05) is 11.8 Å². The van der Waals surface area contributed by atoms with Gasteiger partial charge < -0.3 is 5.32 Å². The zero-order chi connectivity index (χ0) is 13.5. The molecule has 1 aromatic heterocycles. The van der Waals surface area contributed by atoms with Gasteiger partial charge in [0.2, 0.25) is 0 Å². The third-order valence-electron chi connectivity index (χ3n) is 3.42. The maximum absolute atomic E-state index is 4.31. The number of hydrogen-bond acceptors (Lipinski definition) is 6. The van der Waals surface area contributed by atoms with Crippen LogP contribution in [0.1, 0.15) is 45.4 Å². The van der Waals surface area contributed by atoms with E-state index in [1.165, 1.54) is 38.5 Å². The molecule has 0 amide bonds. The third-order valence-corrected chi connectivity index (χ3v) is 6.81. The molecule has 108 valence electrons. The van der Waals surface area contributed by atoms with Gasteiger partial charge in [0.05, 0.1) is 0 Å². The van der Waals surface area contributed by atoms with Gasteiger partial charge in [-0.05, 0) is 32.1 Å². The largest absolute Gasteiger partial charge is 0.313 e. The molecule has 0 aromatic carbocycles. The molecule has 1 aliphatic carbocycles. The van der Waals surface area contributed by atoms with Crippen molar-refractivity contribution in [3.63, 3.8) is 0 Å². The summed E-state index contributed by atoms with van der Waals surface area (Å²) in [6.07, 6.45) is 10.00. The lowest BCUT2D eigenvalue weighted by Crippen LogP contribution is -2.37. The van der Waals surface area contributed by atoms with E-state index < -0.39 is 0 Å². The maximum atomic E-state index is 4.31. The van der Waals surface area contributed by atoms with Gasteiger partial charge in [-0.25, -0.2) is 0 Å². The second kappa shape index (κ2) is 8.49. The predicted molar refractivity (Wildman–Crippen MR) is 86.5 cm³/mol. The minimum absolute atomic E-state index is 0.647. The van der Waals surface area contributed by atoms with Crippen LogP contribution >= 0.6 is 34.9 Å². The smallest absolute Gasteiger partial charge is 0.175 e. The van der Waals surface area contributed by atoms with Crippen LogP contribution in [-0.4, -0.2) is 34.3 Å². The normalized spacial score (nSPS) is 24.3. The molecule has 1 N–H and O–H groups in total. The van der Waals surface area contributed by atoms with Gasteiger partial charge in [-0.15, -0.1) is 10.2 Å². The van der Waals surface area contributed by atoms with E-state index in [0.29, 0.717) is 11.3 Å². The molecule has 0 saturated heterocycles. The van der Waals surface area contributed by atoms with Crippen molar-refractivity contribution in [2.75, 3.05) is 12.8 Å². The summed E-state index contributed by atoms with van der Waals surface area (Å²) in [4.78, 5) is 0. The average molecular weight is 318 g/mol. The Labute approximate surface area is 128 Å². The minimum atomic E-state index is 0.647. The fourth-order valence-electron chi connectivity index (χ4n) is 2.43. The van der Waals surface area contributed by atoms with Crippen molar-refractivity contribution in [3.8, 4) is 0 Å². The lowest BCUT2D eigenvalue weighted by atomic mass is 10.1. The molecule has 0 bridgehead atoms. The number of nitrogens with zero attached hydrogens (tertiary/aromatic N) is 2. The Morgan fingerprint density at radius 3 is 2.74 bits per heavy atom. The van der Waals surface area contributed by atoms with E-state index in [1.54, 1.807) is 23.1 Å². The lowest BCUT2D eigenvalue weighted by molar-refractivity contribution is 0.470. The van der Waals surface area contributed by atoms with Gasteiger partial charge >= 0.3 is 0 Å². The standard InChI is InChI=1S/C13H23N3S3/c1-3-9-14-10-7-5-4-6-8-11(10)18-13-16-15-12(17-2)19-13/h10-11,14H,3-9H2,1-2H3. The summed E-state index contributed by atoms with van der Waals surface area (Å²) < 4.78 is 2.22. The summed E-state index contributed by atoms with van der Waals surface area (Å²) in [6.45, 7) is 3.37. The summed E-state index contributed by atoms with van der Waals surface area (Å²) in [5, 5.41) is 12.9. The van der Waals surface area contributed by atoms with E-state index in [-0.39, 0.29) is 0 Å². The molecule has 2 atom stereocenters. The summed E-state index contributed by atoms with van der Waals surface area (Å²) >= 11 is 5.36. The molecule has 0 spiro atoms. The molecular formula is C13H23N3S3. The van der Waals surface area contributed by atoms with E-state index in [2.05, 4.69) is 28.7 Å². The highest BCUT2D eigenvalue weighted by molar-refractivity contribution is 8.03. The van der Waals surface area contributed by atoms with Crippen molar-refractivity contribution in [2.24, 2.45) is 0 Å². The summed E-state index contributed by atoms with van der Waals surface area (Å²) in [5.74, 6) is 0. The van der Waals surface area contributed by atoms with Gasteiger partial charge in [-0.3, -0.25) is 0 Å². The number of rotatable bonds is 6. The lowest BCUT2D eigenvalue weighted by Gasteiger charge is -2.24. The van der Waals surface area contributed by atoms with Crippen molar-refractivity contribution in [3.05, 3.63) is 0 Å². The first-order valence-electron chi connectivity index (χ1n) is 7.11. The Kier molecular flexibility index (Phi) is 6.98. The highest BCUT2D eigenvalue weighted by atomic mass is 32.2. The summed E-state index contributed by atoms with van der Waals surface area (Å²) in [6, 6.07) is 0.647. The van der Waals surface area contributed by atoms with Crippen molar-refractivity contribution >= 4 is 34.9 Å². The van der Waals surface area contributed by atoms with Crippen LogP contribution in [0, 0.1) is 0 Å². The number of hydrogen-bond donors (Lipinski definition) is 1. The first-order valence-corrected chi connectivity index (χ1v) is 10.0. The Bertz CT molecular complexity index is 370. The number of thioether (sulfide) groups is 2. The SMILES string of the molecule is CCCNC1CCCCCC1Sc1nnc(SC)s1. The molecule has 6 heteroatoms. The first kappa shape index (κ1) is 15.6. The van der Waals surface area contributed by atoms with Gasteiger partial charge in [0.1, 0.15) is 0 Å².